The molecule has 1 aromatic heterocycles. The highest BCUT2D eigenvalue weighted by Gasteiger charge is 2.31. The fourth-order valence-electron chi connectivity index (χ4n) is 2.17. The summed E-state index contributed by atoms with van der Waals surface area (Å²) in [6.45, 7) is 0.501. The number of nitrogens with zero attached hydrogens (tertiary/aromatic N) is 4. The first-order chi connectivity index (χ1) is 11.0. The standard InChI is InChI=1S/C16H13F3N4/c17-16(18,19)13-4-1-5-14(9-13)23-8-6-15(22-23)21-11-12-3-2-7-20-10-12/h1-5,7,9-11H,6,8H2. The van der Waals surface area contributed by atoms with Crippen LogP contribution in [0.5, 0.6) is 0 Å². The van der Waals surface area contributed by atoms with Crippen LogP contribution in [0.1, 0.15) is 17.5 Å². The van der Waals surface area contributed by atoms with Crippen LogP contribution in [0.15, 0.2) is 58.9 Å². The fraction of sp³-hybridized carbons (Fsp3) is 0.188. The van der Waals surface area contributed by atoms with Gasteiger partial charge in [-0.25, -0.2) is 4.99 Å². The number of halogens is 3. The van der Waals surface area contributed by atoms with Gasteiger partial charge in [0.05, 0.1) is 11.3 Å². The zero-order chi connectivity index (χ0) is 16.3. The van der Waals surface area contributed by atoms with Crippen molar-refractivity contribution < 1.29 is 13.2 Å². The summed E-state index contributed by atoms with van der Waals surface area (Å²) in [6.07, 6.45) is 1.19. The minimum Gasteiger partial charge on any atom is -0.264 e. The fourth-order valence-corrected chi connectivity index (χ4v) is 2.17. The molecule has 2 heterocycles. The van der Waals surface area contributed by atoms with Gasteiger partial charge in [-0.15, -0.1) is 0 Å². The Hall–Kier alpha value is -2.70. The summed E-state index contributed by atoms with van der Waals surface area (Å²) in [7, 11) is 0. The number of alkyl halides is 3. The van der Waals surface area contributed by atoms with Gasteiger partial charge >= 0.3 is 6.18 Å². The molecule has 4 nitrogen and oxygen atoms in total. The van der Waals surface area contributed by atoms with Crippen molar-refractivity contribution in [3.8, 4) is 0 Å². The third kappa shape index (κ3) is 3.74. The summed E-state index contributed by atoms with van der Waals surface area (Å²) in [5, 5.41) is 5.79. The van der Waals surface area contributed by atoms with Crippen LogP contribution in [0.4, 0.5) is 18.9 Å². The summed E-state index contributed by atoms with van der Waals surface area (Å²) in [6, 6.07) is 8.78. The maximum Gasteiger partial charge on any atom is 0.416 e. The zero-order valence-corrected chi connectivity index (χ0v) is 12.0. The SMILES string of the molecule is FC(F)(F)c1cccc(N2CCC(N=Cc3cccnc3)=N2)c1. The molecule has 0 fully saturated rings. The number of rotatable bonds is 2. The van der Waals surface area contributed by atoms with Crippen LogP contribution in [-0.2, 0) is 6.18 Å². The number of aromatic nitrogens is 1. The van der Waals surface area contributed by atoms with E-state index in [1.165, 1.54) is 11.1 Å². The molecule has 0 aliphatic carbocycles. The molecule has 1 aliphatic heterocycles. The number of amidine groups is 1. The Labute approximate surface area is 131 Å². The van der Waals surface area contributed by atoms with Crippen molar-refractivity contribution in [2.24, 2.45) is 10.1 Å². The summed E-state index contributed by atoms with van der Waals surface area (Å²) >= 11 is 0. The Bertz CT molecular complexity index is 738. The average Bonchev–Trinajstić information content (AvgIpc) is 3.02. The molecule has 2 aromatic rings. The second-order valence-corrected chi connectivity index (χ2v) is 4.98. The highest BCUT2D eigenvalue weighted by Crippen LogP contribution is 2.32. The Kier molecular flexibility index (Phi) is 4.10. The Balaban J connectivity index is 1.76. The molecule has 0 spiro atoms. The van der Waals surface area contributed by atoms with Crippen LogP contribution in [0.25, 0.3) is 0 Å². The van der Waals surface area contributed by atoms with Crippen molar-refractivity contribution in [2.45, 2.75) is 12.6 Å². The number of pyridine rings is 1. The highest BCUT2D eigenvalue weighted by atomic mass is 19.4. The molecular formula is C16H13F3N4. The Morgan fingerprint density at radius 3 is 2.78 bits per heavy atom. The molecule has 23 heavy (non-hydrogen) atoms. The quantitative estimate of drug-likeness (QED) is 0.791. The van der Waals surface area contributed by atoms with Crippen molar-refractivity contribution in [3.05, 3.63) is 59.9 Å². The lowest BCUT2D eigenvalue weighted by Gasteiger charge is -2.15. The second kappa shape index (κ2) is 6.20. The van der Waals surface area contributed by atoms with Crippen molar-refractivity contribution in [1.29, 1.82) is 0 Å². The van der Waals surface area contributed by atoms with E-state index < -0.39 is 11.7 Å². The van der Waals surface area contributed by atoms with E-state index in [4.69, 9.17) is 0 Å². The van der Waals surface area contributed by atoms with Gasteiger partial charge in [0.25, 0.3) is 0 Å². The molecule has 0 radical (unpaired) electrons. The molecule has 0 amide bonds. The van der Waals surface area contributed by atoms with Gasteiger partial charge in [0.15, 0.2) is 5.84 Å². The van der Waals surface area contributed by atoms with Gasteiger partial charge in [0.1, 0.15) is 0 Å². The summed E-state index contributed by atoms with van der Waals surface area (Å²) in [5.74, 6) is 0.575. The molecular weight excluding hydrogens is 305 g/mol. The van der Waals surface area contributed by atoms with Crippen molar-refractivity contribution >= 4 is 17.7 Å². The predicted molar refractivity (Wildman–Crippen MR) is 82.7 cm³/mol. The van der Waals surface area contributed by atoms with Crippen LogP contribution in [0.2, 0.25) is 0 Å². The van der Waals surface area contributed by atoms with Crippen LogP contribution < -0.4 is 5.01 Å². The van der Waals surface area contributed by atoms with Gasteiger partial charge in [-0.05, 0) is 24.3 Å². The van der Waals surface area contributed by atoms with Gasteiger partial charge in [-0.2, -0.15) is 18.3 Å². The van der Waals surface area contributed by atoms with E-state index in [1.54, 1.807) is 30.7 Å². The Morgan fingerprint density at radius 2 is 2.04 bits per heavy atom. The average molecular weight is 318 g/mol. The molecule has 0 unspecified atom stereocenters. The van der Waals surface area contributed by atoms with E-state index in [2.05, 4.69) is 15.1 Å². The third-order valence-electron chi connectivity index (χ3n) is 3.30. The lowest BCUT2D eigenvalue weighted by atomic mass is 10.2. The number of hydrazone groups is 1. The number of benzene rings is 1. The van der Waals surface area contributed by atoms with E-state index in [0.717, 1.165) is 17.7 Å². The minimum atomic E-state index is -4.36. The molecule has 118 valence electrons. The van der Waals surface area contributed by atoms with Crippen molar-refractivity contribution in [2.75, 3.05) is 11.6 Å². The zero-order valence-electron chi connectivity index (χ0n) is 12.0. The number of anilines is 1. The molecule has 0 atom stereocenters. The van der Waals surface area contributed by atoms with Crippen molar-refractivity contribution in [1.82, 2.24) is 4.98 Å². The molecule has 0 saturated carbocycles. The van der Waals surface area contributed by atoms with Crippen LogP contribution in [-0.4, -0.2) is 23.6 Å². The van der Waals surface area contributed by atoms with Crippen LogP contribution in [0, 0.1) is 0 Å². The highest BCUT2D eigenvalue weighted by molar-refractivity contribution is 5.96. The van der Waals surface area contributed by atoms with Gasteiger partial charge in [-0.1, -0.05) is 12.1 Å². The number of hydrogen-bond acceptors (Lipinski definition) is 4. The first kappa shape index (κ1) is 15.2. The monoisotopic (exact) mass is 318 g/mol. The van der Waals surface area contributed by atoms with Crippen molar-refractivity contribution in [3.63, 3.8) is 0 Å². The summed E-state index contributed by atoms with van der Waals surface area (Å²) < 4.78 is 38.3. The topological polar surface area (TPSA) is 40.9 Å². The van der Waals surface area contributed by atoms with E-state index in [-0.39, 0.29) is 0 Å². The Morgan fingerprint density at radius 1 is 1.17 bits per heavy atom. The maximum absolute atomic E-state index is 12.8. The lowest BCUT2D eigenvalue weighted by Crippen LogP contribution is -2.13. The number of aliphatic imine (C=N–C) groups is 1. The largest absolute Gasteiger partial charge is 0.416 e. The molecule has 0 bridgehead atoms. The van der Waals surface area contributed by atoms with Gasteiger partial charge < -0.3 is 0 Å². The van der Waals surface area contributed by atoms with E-state index in [9.17, 15) is 13.2 Å². The molecule has 1 aliphatic rings. The van der Waals surface area contributed by atoms with E-state index in [1.807, 2.05) is 6.07 Å². The van der Waals surface area contributed by atoms with E-state index >= 15 is 0 Å². The van der Waals surface area contributed by atoms with Gasteiger partial charge in [0, 0.05) is 37.1 Å². The molecule has 1 aromatic carbocycles. The van der Waals surface area contributed by atoms with Gasteiger partial charge in [0.2, 0.25) is 0 Å². The lowest BCUT2D eigenvalue weighted by molar-refractivity contribution is -0.137. The third-order valence-corrected chi connectivity index (χ3v) is 3.30. The maximum atomic E-state index is 12.8. The smallest absolute Gasteiger partial charge is 0.264 e. The first-order valence-electron chi connectivity index (χ1n) is 6.99. The van der Waals surface area contributed by atoms with Gasteiger partial charge in [-0.3, -0.25) is 9.99 Å². The molecule has 7 heteroatoms. The summed E-state index contributed by atoms with van der Waals surface area (Å²) in [5.41, 5.74) is 0.566. The summed E-state index contributed by atoms with van der Waals surface area (Å²) in [4.78, 5) is 8.24. The minimum absolute atomic E-state index is 0.409. The van der Waals surface area contributed by atoms with E-state index in [0.29, 0.717) is 24.5 Å². The second-order valence-electron chi connectivity index (χ2n) is 4.98. The molecule has 3 rings (SSSR count). The predicted octanol–water partition coefficient (Wildman–Crippen LogP) is 3.74. The van der Waals surface area contributed by atoms with Crippen LogP contribution >= 0.6 is 0 Å². The normalized spacial score (nSPS) is 15.3. The number of hydrogen-bond donors (Lipinski definition) is 0. The van der Waals surface area contributed by atoms with Crippen LogP contribution in [0.3, 0.4) is 0 Å². The molecule has 0 saturated heterocycles. The molecule has 0 N–H and O–H groups in total. The first-order valence-corrected chi connectivity index (χ1v) is 6.99.